The molecular formula is C6H8ClNO2. The van der Waals surface area contributed by atoms with Crippen LogP contribution >= 0.6 is 11.6 Å². The Labute approximate surface area is 63.7 Å². The van der Waals surface area contributed by atoms with Crippen molar-refractivity contribution in [1.82, 2.24) is 5.32 Å². The molecule has 1 rings (SSSR count). The first-order valence-electron chi connectivity index (χ1n) is 3.09. The second kappa shape index (κ2) is 2.58. The van der Waals surface area contributed by atoms with Gasteiger partial charge in [-0.3, -0.25) is 14.9 Å². The quantitative estimate of drug-likeness (QED) is 0.410. The van der Waals surface area contributed by atoms with Crippen LogP contribution in [-0.2, 0) is 9.59 Å². The molecule has 2 unspecified atom stereocenters. The van der Waals surface area contributed by atoms with Crippen LogP contribution in [0.4, 0.5) is 0 Å². The van der Waals surface area contributed by atoms with E-state index in [9.17, 15) is 9.59 Å². The molecule has 2 atom stereocenters. The summed E-state index contributed by atoms with van der Waals surface area (Å²) in [5.74, 6) is -0.793. The summed E-state index contributed by atoms with van der Waals surface area (Å²) in [6, 6.07) is 0. The number of nitrogens with one attached hydrogen (secondary N) is 1. The molecule has 1 aliphatic rings. The summed E-state index contributed by atoms with van der Waals surface area (Å²) < 4.78 is 0. The van der Waals surface area contributed by atoms with Crippen molar-refractivity contribution in [3.63, 3.8) is 0 Å². The van der Waals surface area contributed by atoms with Crippen LogP contribution in [0, 0.1) is 5.92 Å². The zero-order valence-corrected chi connectivity index (χ0v) is 6.31. The molecule has 4 heteroatoms. The number of carbonyl (C=O) groups is 2. The number of hydrogen-bond acceptors (Lipinski definition) is 2. The molecular weight excluding hydrogens is 154 g/mol. The van der Waals surface area contributed by atoms with Gasteiger partial charge < -0.3 is 0 Å². The molecule has 1 N–H and O–H groups in total. The van der Waals surface area contributed by atoms with Crippen molar-refractivity contribution in [3.05, 3.63) is 0 Å². The Bertz CT molecular complexity index is 181. The number of carbonyl (C=O) groups excluding carboxylic acids is 2. The van der Waals surface area contributed by atoms with Crippen LogP contribution in [0.15, 0.2) is 0 Å². The lowest BCUT2D eigenvalue weighted by Gasteiger charge is -2.21. The van der Waals surface area contributed by atoms with Crippen molar-refractivity contribution < 1.29 is 9.59 Å². The second-order valence-electron chi connectivity index (χ2n) is 2.42. The average Bonchev–Trinajstić information content (AvgIpc) is 1.82. The Hall–Kier alpha value is -0.570. The summed E-state index contributed by atoms with van der Waals surface area (Å²) in [6.07, 6.45) is 0.245. The number of imide groups is 1. The first kappa shape index (κ1) is 7.54. The van der Waals surface area contributed by atoms with E-state index in [1.165, 1.54) is 0 Å². The first-order valence-corrected chi connectivity index (χ1v) is 3.52. The molecule has 0 bridgehead atoms. The van der Waals surface area contributed by atoms with Gasteiger partial charge in [-0.25, -0.2) is 0 Å². The van der Waals surface area contributed by atoms with Crippen LogP contribution < -0.4 is 5.32 Å². The van der Waals surface area contributed by atoms with Gasteiger partial charge in [-0.2, -0.15) is 0 Å². The fraction of sp³-hybridized carbons (Fsp3) is 0.667. The molecule has 0 radical (unpaired) electrons. The van der Waals surface area contributed by atoms with Crippen LogP contribution in [0.3, 0.4) is 0 Å². The molecule has 0 saturated carbocycles. The number of piperidine rings is 1. The molecule has 0 spiro atoms. The van der Waals surface area contributed by atoms with Gasteiger partial charge in [0.05, 0.1) is 11.3 Å². The van der Waals surface area contributed by atoms with Crippen LogP contribution in [0.25, 0.3) is 0 Å². The third-order valence-corrected chi connectivity index (χ3v) is 2.13. The molecule has 0 aromatic heterocycles. The van der Waals surface area contributed by atoms with Crippen molar-refractivity contribution in [1.29, 1.82) is 0 Å². The van der Waals surface area contributed by atoms with Gasteiger partial charge in [0.25, 0.3) is 0 Å². The molecule has 0 aliphatic carbocycles. The largest absolute Gasteiger partial charge is 0.296 e. The highest BCUT2D eigenvalue weighted by Gasteiger charge is 2.30. The minimum atomic E-state index is -0.332. The monoisotopic (exact) mass is 161 g/mol. The van der Waals surface area contributed by atoms with Gasteiger partial charge in [0, 0.05) is 6.42 Å². The minimum absolute atomic E-state index is 0.245. The smallest absolute Gasteiger partial charge is 0.230 e. The van der Waals surface area contributed by atoms with Gasteiger partial charge in [0.1, 0.15) is 0 Å². The topological polar surface area (TPSA) is 46.2 Å². The van der Waals surface area contributed by atoms with Gasteiger partial charge in [-0.1, -0.05) is 6.92 Å². The third kappa shape index (κ3) is 1.29. The van der Waals surface area contributed by atoms with Gasteiger partial charge in [-0.15, -0.1) is 11.6 Å². The highest BCUT2D eigenvalue weighted by molar-refractivity contribution is 6.24. The maximum atomic E-state index is 10.8. The first-order chi connectivity index (χ1) is 4.61. The van der Waals surface area contributed by atoms with Crippen molar-refractivity contribution in [2.75, 3.05) is 0 Å². The Morgan fingerprint density at radius 1 is 1.60 bits per heavy atom. The lowest BCUT2D eigenvalue weighted by molar-refractivity contribution is -0.135. The van der Waals surface area contributed by atoms with Gasteiger partial charge in [-0.05, 0) is 0 Å². The number of amides is 2. The van der Waals surface area contributed by atoms with E-state index in [-0.39, 0.29) is 29.5 Å². The van der Waals surface area contributed by atoms with Gasteiger partial charge >= 0.3 is 0 Å². The summed E-state index contributed by atoms with van der Waals surface area (Å²) >= 11 is 5.68. The normalized spacial score (nSPS) is 33.8. The van der Waals surface area contributed by atoms with Crippen LogP contribution in [0.5, 0.6) is 0 Å². The van der Waals surface area contributed by atoms with E-state index in [4.69, 9.17) is 11.6 Å². The summed E-state index contributed by atoms with van der Waals surface area (Å²) in [7, 11) is 0. The summed E-state index contributed by atoms with van der Waals surface area (Å²) in [5.41, 5.74) is 0. The molecule has 1 fully saturated rings. The lowest BCUT2D eigenvalue weighted by Crippen LogP contribution is -2.45. The maximum Gasteiger partial charge on any atom is 0.230 e. The van der Waals surface area contributed by atoms with E-state index in [2.05, 4.69) is 5.32 Å². The van der Waals surface area contributed by atoms with Crippen molar-refractivity contribution in [3.8, 4) is 0 Å². The second-order valence-corrected chi connectivity index (χ2v) is 2.98. The molecule has 1 aliphatic heterocycles. The van der Waals surface area contributed by atoms with Crippen molar-refractivity contribution in [2.45, 2.75) is 18.7 Å². The third-order valence-electron chi connectivity index (χ3n) is 1.60. The highest BCUT2D eigenvalue weighted by atomic mass is 35.5. The van der Waals surface area contributed by atoms with E-state index in [0.29, 0.717) is 0 Å². The Kier molecular flexibility index (Phi) is 1.94. The van der Waals surface area contributed by atoms with Crippen molar-refractivity contribution in [2.24, 2.45) is 5.92 Å². The number of halogens is 1. The Morgan fingerprint density at radius 2 is 2.20 bits per heavy atom. The van der Waals surface area contributed by atoms with E-state index in [0.717, 1.165) is 0 Å². The molecule has 1 saturated heterocycles. The average molecular weight is 162 g/mol. The molecule has 2 amide bonds. The standard InChI is InChI=1S/C6H8ClNO2/c1-3-4(7)2-5(9)8-6(3)10/h3-4H,2H2,1H3,(H,8,9,10). The highest BCUT2D eigenvalue weighted by Crippen LogP contribution is 2.17. The van der Waals surface area contributed by atoms with E-state index in [1.54, 1.807) is 6.92 Å². The van der Waals surface area contributed by atoms with E-state index >= 15 is 0 Å². The predicted molar refractivity (Wildman–Crippen MR) is 36.6 cm³/mol. The molecule has 10 heavy (non-hydrogen) atoms. The molecule has 56 valence electrons. The molecule has 0 aromatic carbocycles. The SMILES string of the molecule is CC1C(=O)NC(=O)CC1Cl. The molecule has 1 heterocycles. The number of rotatable bonds is 0. The Balaban J connectivity index is 2.66. The summed E-state index contributed by atoms with van der Waals surface area (Å²) in [4.78, 5) is 21.4. The maximum absolute atomic E-state index is 10.8. The summed E-state index contributed by atoms with van der Waals surface area (Å²) in [5, 5.41) is 1.86. The zero-order chi connectivity index (χ0) is 7.72. The fourth-order valence-electron chi connectivity index (χ4n) is 0.820. The van der Waals surface area contributed by atoms with Crippen LogP contribution in [0.1, 0.15) is 13.3 Å². The molecule has 3 nitrogen and oxygen atoms in total. The minimum Gasteiger partial charge on any atom is -0.296 e. The van der Waals surface area contributed by atoms with E-state index in [1.807, 2.05) is 0 Å². The van der Waals surface area contributed by atoms with E-state index < -0.39 is 0 Å². The Morgan fingerprint density at radius 3 is 2.70 bits per heavy atom. The van der Waals surface area contributed by atoms with Gasteiger partial charge in [0.2, 0.25) is 11.8 Å². The number of hydrogen-bond donors (Lipinski definition) is 1. The zero-order valence-electron chi connectivity index (χ0n) is 5.56. The van der Waals surface area contributed by atoms with Crippen LogP contribution in [0.2, 0.25) is 0 Å². The fourth-order valence-corrected chi connectivity index (χ4v) is 1.07. The van der Waals surface area contributed by atoms with Crippen molar-refractivity contribution >= 4 is 23.4 Å². The number of alkyl halides is 1. The predicted octanol–water partition coefficient (Wildman–Crippen LogP) is 0.276. The van der Waals surface area contributed by atoms with Gasteiger partial charge in [0.15, 0.2) is 0 Å². The molecule has 0 aromatic rings. The summed E-state index contributed by atoms with van der Waals surface area (Å²) in [6.45, 7) is 1.71. The van der Waals surface area contributed by atoms with Crippen LogP contribution in [-0.4, -0.2) is 17.2 Å². The lowest BCUT2D eigenvalue weighted by atomic mass is 10.0.